The van der Waals surface area contributed by atoms with E-state index in [0.717, 1.165) is 5.69 Å². The molecule has 1 atom stereocenters. The van der Waals surface area contributed by atoms with Crippen molar-refractivity contribution in [3.63, 3.8) is 0 Å². The topological polar surface area (TPSA) is 42.2 Å². The van der Waals surface area contributed by atoms with Crippen LogP contribution in [-0.4, -0.2) is 18.1 Å². The Bertz CT molecular complexity index is 296. The first kappa shape index (κ1) is 10.8. The van der Waals surface area contributed by atoms with E-state index in [-0.39, 0.29) is 0 Å². The Labute approximate surface area is 85.9 Å². The summed E-state index contributed by atoms with van der Waals surface area (Å²) < 4.78 is 0. The molecule has 1 aromatic rings. The van der Waals surface area contributed by atoms with Crippen molar-refractivity contribution in [1.29, 1.82) is 0 Å². The number of nitrogens with two attached hydrogens (primary N) is 1. The second-order valence-electron chi connectivity index (χ2n) is 4.07. The second kappa shape index (κ2) is 4.31. The highest BCUT2D eigenvalue weighted by atomic mass is 15.1. The fraction of sp³-hybridized carbons (Fsp3) is 0.545. The lowest BCUT2D eigenvalue weighted by molar-refractivity contribution is 0.505. The molecule has 1 aromatic heterocycles. The van der Waals surface area contributed by atoms with Gasteiger partial charge in [0.1, 0.15) is 0 Å². The van der Waals surface area contributed by atoms with Gasteiger partial charge in [-0.25, -0.2) is 0 Å². The van der Waals surface area contributed by atoms with Crippen molar-refractivity contribution >= 4 is 11.4 Å². The number of hydrogen-bond acceptors (Lipinski definition) is 3. The highest BCUT2D eigenvalue weighted by Crippen LogP contribution is 2.19. The van der Waals surface area contributed by atoms with Gasteiger partial charge in [-0.1, -0.05) is 13.8 Å². The molecule has 0 saturated carbocycles. The van der Waals surface area contributed by atoms with Crippen LogP contribution in [0.5, 0.6) is 0 Å². The van der Waals surface area contributed by atoms with E-state index >= 15 is 0 Å². The molecule has 0 aromatic carbocycles. The van der Waals surface area contributed by atoms with E-state index in [0.29, 0.717) is 17.6 Å². The van der Waals surface area contributed by atoms with E-state index in [1.807, 2.05) is 12.3 Å². The van der Waals surface area contributed by atoms with Crippen LogP contribution in [0.15, 0.2) is 18.5 Å². The minimum absolute atomic E-state index is 0.485. The molecule has 78 valence electrons. The third-order valence-corrected chi connectivity index (χ3v) is 2.73. The maximum atomic E-state index is 5.68. The Morgan fingerprint density at radius 1 is 1.29 bits per heavy atom. The van der Waals surface area contributed by atoms with Gasteiger partial charge in [-0.05, 0) is 18.9 Å². The summed E-state index contributed by atoms with van der Waals surface area (Å²) in [6, 6.07) is 2.44. The summed E-state index contributed by atoms with van der Waals surface area (Å²) in [6.07, 6.45) is 3.51. The van der Waals surface area contributed by atoms with Gasteiger partial charge in [0.05, 0.1) is 17.6 Å². The first-order chi connectivity index (χ1) is 6.52. The zero-order valence-corrected chi connectivity index (χ0v) is 9.36. The summed E-state index contributed by atoms with van der Waals surface area (Å²) >= 11 is 0. The molecule has 0 spiro atoms. The molecule has 3 nitrogen and oxygen atoms in total. The van der Waals surface area contributed by atoms with Gasteiger partial charge < -0.3 is 10.6 Å². The van der Waals surface area contributed by atoms with Crippen LogP contribution in [0.1, 0.15) is 20.8 Å². The van der Waals surface area contributed by atoms with Crippen LogP contribution in [0.4, 0.5) is 11.4 Å². The van der Waals surface area contributed by atoms with Crippen LogP contribution < -0.4 is 10.6 Å². The number of hydrogen-bond donors (Lipinski definition) is 1. The zero-order chi connectivity index (χ0) is 10.7. The molecular formula is C11H19N3. The van der Waals surface area contributed by atoms with Crippen LogP contribution >= 0.6 is 0 Å². The fourth-order valence-electron chi connectivity index (χ4n) is 1.32. The van der Waals surface area contributed by atoms with E-state index in [9.17, 15) is 0 Å². The van der Waals surface area contributed by atoms with Crippen molar-refractivity contribution < 1.29 is 0 Å². The van der Waals surface area contributed by atoms with Gasteiger partial charge >= 0.3 is 0 Å². The maximum absolute atomic E-state index is 5.68. The molecule has 3 heteroatoms. The Kier molecular flexibility index (Phi) is 3.33. The molecule has 0 radical (unpaired) electrons. The molecule has 0 fully saturated rings. The van der Waals surface area contributed by atoms with Crippen molar-refractivity contribution in [2.24, 2.45) is 5.92 Å². The smallest absolute Gasteiger partial charge is 0.0573 e. The lowest BCUT2D eigenvalue weighted by Crippen LogP contribution is -2.33. The van der Waals surface area contributed by atoms with Crippen LogP contribution in [0.2, 0.25) is 0 Å². The van der Waals surface area contributed by atoms with E-state index in [4.69, 9.17) is 5.73 Å². The van der Waals surface area contributed by atoms with Gasteiger partial charge in [0.15, 0.2) is 0 Å². The molecule has 1 heterocycles. The minimum atomic E-state index is 0.485. The number of pyridine rings is 1. The number of nitrogens with zero attached hydrogens (tertiary/aromatic N) is 2. The second-order valence-corrected chi connectivity index (χ2v) is 4.07. The lowest BCUT2D eigenvalue weighted by Gasteiger charge is -2.29. The number of aromatic nitrogens is 1. The van der Waals surface area contributed by atoms with Crippen molar-refractivity contribution in [2.75, 3.05) is 17.7 Å². The Morgan fingerprint density at radius 2 is 1.93 bits per heavy atom. The summed E-state index contributed by atoms with van der Waals surface area (Å²) in [7, 11) is 2.07. The molecular weight excluding hydrogens is 174 g/mol. The predicted molar refractivity (Wildman–Crippen MR) is 61.4 cm³/mol. The van der Waals surface area contributed by atoms with Gasteiger partial charge in [0, 0.05) is 19.3 Å². The van der Waals surface area contributed by atoms with Gasteiger partial charge in [0.25, 0.3) is 0 Å². The summed E-state index contributed by atoms with van der Waals surface area (Å²) in [5, 5.41) is 0. The monoisotopic (exact) mass is 193 g/mol. The number of rotatable bonds is 3. The maximum Gasteiger partial charge on any atom is 0.0573 e. The molecule has 0 aliphatic carbocycles. The molecule has 0 aliphatic rings. The molecule has 2 N–H and O–H groups in total. The van der Waals surface area contributed by atoms with Crippen LogP contribution in [-0.2, 0) is 0 Å². The third kappa shape index (κ3) is 2.37. The Hall–Kier alpha value is -1.25. The quantitative estimate of drug-likeness (QED) is 0.799. The first-order valence-electron chi connectivity index (χ1n) is 4.95. The van der Waals surface area contributed by atoms with E-state index in [1.165, 1.54) is 0 Å². The summed E-state index contributed by atoms with van der Waals surface area (Å²) in [5.41, 5.74) is 7.47. The lowest BCUT2D eigenvalue weighted by atomic mass is 10.0. The minimum Gasteiger partial charge on any atom is -0.397 e. The van der Waals surface area contributed by atoms with Crippen molar-refractivity contribution in [3.8, 4) is 0 Å². The van der Waals surface area contributed by atoms with Gasteiger partial charge in [-0.2, -0.15) is 0 Å². The standard InChI is InChI=1S/C11H19N3/c1-8(2)9(3)14(4)11-5-10(12)6-13-7-11/h5-9H,12H2,1-4H3. The van der Waals surface area contributed by atoms with Crippen molar-refractivity contribution in [2.45, 2.75) is 26.8 Å². The first-order valence-corrected chi connectivity index (χ1v) is 4.95. The van der Waals surface area contributed by atoms with E-state index < -0.39 is 0 Å². The third-order valence-electron chi connectivity index (χ3n) is 2.73. The SMILES string of the molecule is CC(C)C(C)N(C)c1cncc(N)c1. The molecule has 1 unspecified atom stereocenters. The van der Waals surface area contributed by atoms with Crippen molar-refractivity contribution in [1.82, 2.24) is 4.98 Å². The molecule has 14 heavy (non-hydrogen) atoms. The predicted octanol–water partition coefficient (Wildman–Crippen LogP) is 2.14. The Balaban J connectivity index is 2.83. The highest BCUT2D eigenvalue weighted by molar-refractivity contribution is 5.53. The van der Waals surface area contributed by atoms with E-state index in [1.54, 1.807) is 6.20 Å². The van der Waals surface area contributed by atoms with E-state index in [2.05, 4.69) is 37.7 Å². The van der Waals surface area contributed by atoms with Gasteiger partial charge in [0.2, 0.25) is 0 Å². The summed E-state index contributed by atoms with van der Waals surface area (Å²) in [4.78, 5) is 6.28. The highest BCUT2D eigenvalue weighted by Gasteiger charge is 2.13. The zero-order valence-electron chi connectivity index (χ0n) is 9.36. The normalized spacial score (nSPS) is 12.9. The van der Waals surface area contributed by atoms with Crippen molar-refractivity contribution in [3.05, 3.63) is 18.5 Å². The average molecular weight is 193 g/mol. The largest absolute Gasteiger partial charge is 0.397 e. The molecule has 1 rings (SSSR count). The number of anilines is 2. The molecule has 0 aliphatic heterocycles. The van der Waals surface area contributed by atoms with Gasteiger partial charge in [-0.3, -0.25) is 4.98 Å². The van der Waals surface area contributed by atoms with Crippen LogP contribution in [0.25, 0.3) is 0 Å². The molecule has 0 saturated heterocycles. The van der Waals surface area contributed by atoms with Crippen LogP contribution in [0, 0.1) is 5.92 Å². The van der Waals surface area contributed by atoms with Gasteiger partial charge in [-0.15, -0.1) is 0 Å². The summed E-state index contributed by atoms with van der Waals surface area (Å²) in [5.74, 6) is 0.612. The van der Waals surface area contributed by atoms with Crippen LogP contribution in [0.3, 0.4) is 0 Å². The molecule has 0 amide bonds. The fourth-order valence-corrected chi connectivity index (χ4v) is 1.32. The molecule has 0 bridgehead atoms. The number of nitrogen functional groups attached to an aromatic ring is 1. The Morgan fingerprint density at radius 3 is 2.43 bits per heavy atom. The average Bonchev–Trinajstić information content (AvgIpc) is 2.15. The summed E-state index contributed by atoms with van der Waals surface area (Å²) in [6.45, 7) is 6.62.